The standard InChI is InChI=1S/C13H24N2O/c1-15(12-7-5-11(14)6-8-12)13(16)9-10-3-2-4-10/h10-12H,2-9,14H2,1H3. The third-order valence-corrected chi connectivity index (χ3v) is 4.37. The first-order chi connectivity index (χ1) is 7.66. The minimum atomic E-state index is 0.352. The first kappa shape index (κ1) is 11.9. The number of rotatable bonds is 3. The van der Waals surface area contributed by atoms with Gasteiger partial charge in [-0.25, -0.2) is 0 Å². The predicted octanol–water partition coefficient (Wildman–Crippen LogP) is 1.90. The molecule has 0 unspecified atom stereocenters. The van der Waals surface area contributed by atoms with E-state index in [4.69, 9.17) is 5.73 Å². The van der Waals surface area contributed by atoms with Crippen molar-refractivity contribution in [3.63, 3.8) is 0 Å². The third kappa shape index (κ3) is 2.76. The van der Waals surface area contributed by atoms with Gasteiger partial charge in [-0.1, -0.05) is 6.42 Å². The van der Waals surface area contributed by atoms with Crippen LogP contribution in [-0.4, -0.2) is 29.9 Å². The zero-order valence-corrected chi connectivity index (χ0v) is 10.3. The van der Waals surface area contributed by atoms with Crippen molar-refractivity contribution in [3.8, 4) is 0 Å². The summed E-state index contributed by atoms with van der Waals surface area (Å²) in [6, 6.07) is 0.818. The Morgan fingerprint density at radius 3 is 2.31 bits per heavy atom. The molecule has 2 rings (SSSR count). The maximum absolute atomic E-state index is 12.0. The lowest BCUT2D eigenvalue weighted by Gasteiger charge is -2.35. The van der Waals surface area contributed by atoms with E-state index in [1.807, 2.05) is 11.9 Å². The first-order valence-corrected chi connectivity index (χ1v) is 6.68. The quantitative estimate of drug-likeness (QED) is 0.796. The lowest BCUT2D eigenvalue weighted by molar-refractivity contribution is -0.134. The van der Waals surface area contributed by atoms with Crippen LogP contribution in [0.25, 0.3) is 0 Å². The van der Waals surface area contributed by atoms with Crippen molar-refractivity contribution < 1.29 is 4.79 Å². The van der Waals surface area contributed by atoms with Gasteiger partial charge in [0.05, 0.1) is 0 Å². The molecule has 2 aliphatic rings. The van der Waals surface area contributed by atoms with Crippen molar-refractivity contribution in [2.24, 2.45) is 11.7 Å². The van der Waals surface area contributed by atoms with E-state index in [0.29, 0.717) is 23.9 Å². The zero-order chi connectivity index (χ0) is 11.5. The highest BCUT2D eigenvalue weighted by Crippen LogP contribution is 2.30. The Bertz CT molecular complexity index is 242. The Labute approximate surface area is 98.4 Å². The Morgan fingerprint density at radius 2 is 1.81 bits per heavy atom. The molecule has 3 heteroatoms. The third-order valence-electron chi connectivity index (χ3n) is 4.37. The second-order valence-corrected chi connectivity index (χ2v) is 5.57. The van der Waals surface area contributed by atoms with Crippen molar-refractivity contribution in [1.82, 2.24) is 4.90 Å². The molecule has 0 saturated heterocycles. The fraction of sp³-hybridized carbons (Fsp3) is 0.923. The highest BCUT2D eigenvalue weighted by molar-refractivity contribution is 5.76. The van der Waals surface area contributed by atoms with E-state index in [1.165, 1.54) is 19.3 Å². The highest BCUT2D eigenvalue weighted by atomic mass is 16.2. The van der Waals surface area contributed by atoms with Gasteiger partial charge in [0.2, 0.25) is 5.91 Å². The Hall–Kier alpha value is -0.570. The molecule has 0 atom stereocenters. The van der Waals surface area contributed by atoms with Crippen LogP contribution < -0.4 is 5.73 Å². The van der Waals surface area contributed by atoms with Crippen molar-refractivity contribution >= 4 is 5.91 Å². The van der Waals surface area contributed by atoms with Gasteiger partial charge in [-0.3, -0.25) is 4.79 Å². The number of amides is 1. The van der Waals surface area contributed by atoms with Gasteiger partial charge >= 0.3 is 0 Å². The summed E-state index contributed by atoms with van der Waals surface area (Å²) in [5, 5.41) is 0. The van der Waals surface area contributed by atoms with Crippen LogP contribution >= 0.6 is 0 Å². The van der Waals surface area contributed by atoms with Crippen LogP contribution in [0, 0.1) is 5.92 Å². The van der Waals surface area contributed by atoms with E-state index < -0.39 is 0 Å². The second kappa shape index (κ2) is 5.17. The van der Waals surface area contributed by atoms with Crippen molar-refractivity contribution in [2.45, 2.75) is 63.5 Å². The van der Waals surface area contributed by atoms with Gasteiger partial charge in [0.1, 0.15) is 0 Å². The van der Waals surface area contributed by atoms with Crippen LogP contribution in [0.5, 0.6) is 0 Å². The number of nitrogens with zero attached hydrogens (tertiary/aromatic N) is 1. The van der Waals surface area contributed by atoms with Gasteiger partial charge in [0.25, 0.3) is 0 Å². The average molecular weight is 224 g/mol. The molecule has 2 aliphatic carbocycles. The minimum Gasteiger partial charge on any atom is -0.343 e. The summed E-state index contributed by atoms with van der Waals surface area (Å²) in [5.74, 6) is 1.03. The molecule has 0 heterocycles. The molecule has 0 aromatic heterocycles. The van der Waals surface area contributed by atoms with Gasteiger partial charge in [-0.2, -0.15) is 0 Å². The maximum Gasteiger partial charge on any atom is 0.222 e. The molecule has 2 N–H and O–H groups in total. The van der Waals surface area contributed by atoms with E-state index in [-0.39, 0.29) is 0 Å². The van der Waals surface area contributed by atoms with Crippen LogP contribution in [0.2, 0.25) is 0 Å². The molecule has 2 fully saturated rings. The van der Waals surface area contributed by atoms with Gasteiger partial charge in [0.15, 0.2) is 0 Å². The summed E-state index contributed by atoms with van der Waals surface area (Å²) in [4.78, 5) is 14.0. The van der Waals surface area contributed by atoms with Crippen molar-refractivity contribution in [1.29, 1.82) is 0 Å². The number of hydrogen-bond acceptors (Lipinski definition) is 2. The molecular formula is C13H24N2O. The lowest BCUT2D eigenvalue weighted by atomic mass is 9.82. The van der Waals surface area contributed by atoms with E-state index >= 15 is 0 Å². The predicted molar refractivity (Wildman–Crippen MR) is 65.0 cm³/mol. The molecule has 92 valence electrons. The van der Waals surface area contributed by atoms with Gasteiger partial charge in [0, 0.05) is 25.6 Å². The molecule has 0 spiro atoms. The van der Waals surface area contributed by atoms with Crippen LogP contribution in [0.1, 0.15) is 51.4 Å². The molecule has 0 bridgehead atoms. The summed E-state index contributed by atoms with van der Waals surface area (Å²) in [7, 11) is 1.97. The fourth-order valence-corrected chi connectivity index (χ4v) is 2.78. The monoisotopic (exact) mass is 224 g/mol. The number of nitrogens with two attached hydrogens (primary N) is 1. The van der Waals surface area contributed by atoms with Crippen LogP contribution in [-0.2, 0) is 4.79 Å². The second-order valence-electron chi connectivity index (χ2n) is 5.57. The zero-order valence-electron chi connectivity index (χ0n) is 10.3. The minimum absolute atomic E-state index is 0.352. The topological polar surface area (TPSA) is 46.3 Å². The van der Waals surface area contributed by atoms with Crippen molar-refractivity contribution in [2.75, 3.05) is 7.05 Å². The summed E-state index contributed by atoms with van der Waals surface area (Å²) >= 11 is 0. The lowest BCUT2D eigenvalue weighted by Crippen LogP contribution is -2.42. The summed E-state index contributed by atoms with van der Waals surface area (Å²) < 4.78 is 0. The highest BCUT2D eigenvalue weighted by Gasteiger charge is 2.27. The van der Waals surface area contributed by atoms with E-state index in [0.717, 1.165) is 32.1 Å². The number of carbonyl (C=O) groups excluding carboxylic acids is 1. The largest absolute Gasteiger partial charge is 0.343 e. The van der Waals surface area contributed by atoms with Crippen LogP contribution in [0.3, 0.4) is 0 Å². The molecule has 0 aliphatic heterocycles. The van der Waals surface area contributed by atoms with Gasteiger partial charge in [-0.15, -0.1) is 0 Å². The summed E-state index contributed by atoms with van der Waals surface area (Å²) in [5.41, 5.74) is 5.88. The Kier molecular flexibility index (Phi) is 3.85. The molecule has 3 nitrogen and oxygen atoms in total. The molecule has 0 aromatic carbocycles. The molecule has 2 saturated carbocycles. The maximum atomic E-state index is 12.0. The van der Waals surface area contributed by atoms with E-state index in [1.54, 1.807) is 0 Å². The van der Waals surface area contributed by atoms with Gasteiger partial charge in [-0.05, 0) is 44.4 Å². The van der Waals surface area contributed by atoms with Gasteiger partial charge < -0.3 is 10.6 Å². The van der Waals surface area contributed by atoms with Crippen molar-refractivity contribution in [3.05, 3.63) is 0 Å². The summed E-state index contributed by atoms with van der Waals surface area (Å²) in [6.07, 6.45) is 8.95. The SMILES string of the molecule is CN(C(=O)CC1CCC1)C1CCC(N)CC1. The smallest absolute Gasteiger partial charge is 0.222 e. The fourth-order valence-electron chi connectivity index (χ4n) is 2.78. The van der Waals surface area contributed by atoms with E-state index in [2.05, 4.69) is 0 Å². The Balaban J connectivity index is 1.76. The average Bonchev–Trinajstić information content (AvgIpc) is 2.23. The van der Waals surface area contributed by atoms with Crippen LogP contribution in [0.4, 0.5) is 0 Å². The first-order valence-electron chi connectivity index (χ1n) is 6.68. The number of carbonyl (C=O) groups is 1. The van der Waals surface area contributed by atoms with Crippen LogP contribution in [0.15, 0.2) is 0 Å². The molecule has 0 aromatic rings. The molecular weight excluding hydrogens is 200 g/mol. The van der Waals surface area contributed by atoms with E-state index in [9.17, 15) is 4.79 Å². The molecule has 16 heavy (non-hydrogen) atoms. The number of hydrogen-bond donors (Lipinski definition) is 1. The molecule has 1 amide bonds. The Morgan fingerprint density at radius 1 is 1.19 bits per heavy atom. The molecule has 0 radical (unpaired) electrons. The normalized spacial score (nSPS) is 30.9. The summed E-state index contributed by atoms with van der Waals surface area (Å²) in [6.45, 7) is 0.